The summed E-state index contributed by atoms with van der Waals surface area (Å²) >= 11 is 9.22. The molecule has 4 aromatic rings. The third kappa shape index (κ3) is 6.29. The number of halogens is 1. The average Bonchev–Trinajstić information content (AvgIpc) is 3.29. The fourth-order valence-electron chi connectivity index (χ4n) is 2.84. The van der Waals surface area contributed by atoms with Gasteiger partial charge in [-0.25, -0.2) is 4.99 Å². The molecule has 1 heterocycles. The first-order valence-corrected chi connectivity index (χ1v) is 12.0. The van der Waals surface area contributed by atoms with Crippen LogP contribution in [0.4, 0.5) is 5.13 Å². The molecule has 0 atom stereocenters. The molecule has 0 aliphatic rings. The Morgan fingerprint density at radius 1 is 1.00 bits per heavy atom. The van der Waals surface area contributed by atoms with Crippen LogP contribution in [0.1, 0.15) is 16.7 Å². The standard InChI is InChI=1S/C25H20ClN3OS2/c1-30-22-14-7-18(8-15-22)9-16-23(20-10-12-21(26)13-11-20)27-24-28-29-25(32-24)31-17-19-5-3-2-4-6-19/h2-16H,17H2,1H3/b16-9+,27-23?. The van der Waals surface area contributed by atoms with E-state index >= 15 is 0 Å². The van der Waals surface area contributed by atoms with Crippen LogP contribution < -0.4 is 4.74 Å². The van der Waals surface area contributed by atoms with Crippen molar-refractivity contribution in [3.8, 4) is 5.75 Å². The van der Waals surface area contributed by atoms with E-state index in [1.165, 1.54) is 16.9 Å². The van der Waals surface area contributed by atoms with Gasteiger partial charge in [0.15, 0.2) is 4.34 Å². The Balaban J connectivity index is 1.56. The highest BCUT2D eigenvalue weighted by atomic mass is 35.5. The second-order valence-corrected chi connectivity index (χ2v) is 9.35. The van der Waals surface area contributed by atoms with Gasteiger partial charge in [-0.3, -0.25) is 0 Å². The molecule has 32 heavy (non-hydrogen) atoms. The van der Waals surface area contributed by atoms with Crippen LogP contribution in [0.25, 0.3) is 6.08 Å². The SMILES string of the molecule is COc1ccc(/C=C/C(=Nc2nnc(SCc3ccccc3)s2)c2ccc(Cl)cc2)cc1. The van der Waals surface area contributed by atoms with Crippen molar-refractivity contribution >= 4 is 51.6 Å². The summed E-state index contributed by atoms with van der Waals surface area (Å²) in [5.74, 6) is 1.67. The second-order valence-electron chi connectivity index (χ2n) is 6.74. The highest BCUT2D eigenvalue weighted by Gasteiger charge is 2.07. The van der Waals surface area contributed by atoms with Crippen molar-refractivity contribution in [1.82, 2.24) is 10.2 Å². The second kappa shape index (κ2) is 11.1. The van der Waals surface area contributed by atoms with E-state index in [4.69, 9.17) is 21.3 Å². The minimum atomic E-state index is 0.616. The molecular weight excluding hydrogens is 458 g/mol. The lowest BCUT2D eigenvalue weighted by molar-refractivity contribution is 0.415. The summed E-state index contributed by atoms with van der Waals surface area (Å²) in [5.41, 5.74) is 4.03. The maximum Gasteiger partial charge on any atom is 0.232 e. The van der Waals surface area contributed by atoms with Crippen LogP contribution in [0.15, 0.2) is 94.3 Å². The summed E-state index contributed by atoms with van der Waals surface area (Å²) in [6.45, 7) is 0. The van der Waals surface area contributed by atoms with E-state index in [1.807, 2.05) is 78.9 Å². The number of allylic oxidation sites excluding steroid dienone is 1. The van der Waals surface area contributed by atoms with Crippen LogP contribution in [0.5, 0.6) is 5.75 Å². The highest BCUT2D eigenvalue weighted by molar-refractivity contribution is 8.00. The number of ether oxygens (including phenoxy) is 1. The van der Waals surface area contributed by atoms with E-state index in [-0.39, 0.29) is 0 Å². The molecular formula is C25H20ClN3OS2. The van der Waals surface area contributed by atoms with E-state index in [2.05, 4.69) is 22.3 Å². The van der Waals surface area contributed by atoms with Crippen molar-refractivity contribution in [2.24, 2.45) is 4.99 Å². The molecule has 0 saturated carbocycles. The lowest BCUT2D eigenvalue weighted by Crippen LogP contribution is -1.96. The topological polar surface area (TPSA) is 47.4 Å². The summed E-state index contributed by atoms with van der Waals surface area (Å²) in [4.78, 5) is 4.78. The number of aromatic nitrogens is 2. The van der Waals surface area contributed by atoms with Crippen LogP contribution >= 0.6 is 34.7 Å². The average molecular weight is 478 g/mol. The number of hydrogen-bond donors (Lipinski definition) is 0. The van der Waals surface area contributed by atoms with E-state index in [1.54, 1.807) is 18.9 Å². The molecule has 0 fully saturated rings. The normalized spacial score (nSPS) is 11.8. The molecule has 160 valence electrons. The predicted molar refractivity (Wildman–Crippen MR) is 136 cm³/mol. The molecule has 4 nitrogen and oxygen atoms in total. The van der Waals surface area contributed by atoms with Gasteiger partial charge in [-0.15, -0.1) is 10.2 Å². The molecule has 0 bridgehead atoms. The Labute approximate surface area is 200 Å². The highest BCUT2D eigenvalue weighted by Crippen LogP contribution is 2.30. The summed E-state index contributed by atoms with van der Waals surface area (Å²) < 4.78 is 6.12. The summed E-state index contributed by atoms with van der Waals surface area (Å²) in [5, 5.41) is 9.87. The molecule has 0 aliphatic carbocycles. The van der Waals surface area contributed by atoms with Gasteiger partial charge in [-0.2, -0.15) is 0 Å². The van der Waals surface area contributed by atoms with Crippen LogP contribution in [-0.2, 0) is 5.75 Å². The zero-order valence-electron chi connectivity index (χ0n) is 17.3. The minimum absolute atomic E-state index is 0.616. The first-order valence-electron chi connectivity index (χ1n) is 9.86. The molecule has 0 saturated heterocycles. The molecule has 0 unspecified atom stereocenters. The quantitative estimate of drug-likeness (QED) is 0.197. The van der Waals surface area contributed by atoms with Crippen LogP contribution in [0.2, 0.25) is 5.02 Å². The van der Waals surface area contributed by atoms with Crippen molar-refractivity contribution < 1.29 is 4.74 Å². The lowest BCUT2D eigenvalue weighted by atomic mass is 10.1. The van der Waals surface area contributed by atoms with Gasteiger partial charge < -0.3 is 4.74 Å². The van der Waals surface area contributed by atoms with Gasteiger partial charge in [0.25, 0.3) is 0 Å². The molecule has 0 spiro atoms. The Hall–Kier alpha value is -2.93. The number of methoxy groups -OCH3 is 1. The van der Waals surface area contributed by atoms with Gasteiger partial charge in [0, 0.05) is 16.3 Å². The van der Waals surface area contributed by atoms with Crippen molar-refractivity contribution in [3.05, 3.63) is 107 Å². The Bertz CT molecular complexity index is 1200. The fourth-order valence-corrected chi connectivity index (χ4v) is 4.64. The molecule has 0 N–H and O–H groups in total. The number of nitrogens with zero attached hydrogens (tertiary/aromatic N) is 3. The van der Waals surface area contributed by atoms with Gasteiger partial charge in [0.05, 0.1) is 12.8 Å². The van der Waals surface area contributed by atoms with E-state index < -0.39 is 0 Å². The summed E-state index contributed by atoms with van der Waals surface area (Å²) in [6.07, 6.45) is 3.99. The molecule has 3 aromatic carbocycles. The number of rotatable bonds is 8. The van der Waals surface area contributed by atoms with Crippen molar-refractivity contribution in [1.29, 1.82) is 0 Å². The van der Waals surface area contributed by atoms with Crippen LogP contribution in [0.3, 0.4) is 0 Å². The Morgan fingerprint density at radius 2 is 1.75 bits per heavy atom. The molecule has 0 radical (unpaired) electrons. The molecule has 0 amide bonds. The zero-order valence-corrected chi connectivity index (χ0v) is 19.7. The van der Waals surface area contributed by atoms with Gasteiger partial charge in [0.1, 0.15) is 5.75 Å². The largest absolute Gasteiger partial charge is 0.497 e. The Morgan fingerprint density at radius 3 is 2.47 bits per heavy atom. The van der Waals surface area contributed by atoms with E-state index in [9.17, 15) is 0 Å². The van der Waals surface area contributed by atoms with Crippen molar-refractivity contribution in [2.75, 3.05) is 7.11 Å². The number of benzene rings is 3. The smallest absolute Gasteiger partial charge is 0.232 e. The monoisotopic (exact) mass is 477 g/mol. The molecule has 1 aromatic heterocycles. The zero-order chi connectivity index (χ0) is 22.2. The van der Waals surface area contributed by atoms with E-state index in [0.29, 0.717) is 10.2 Å². The van der Waals surface area contributed by atoms with Crippen molar-refractivity contribution in [2.45, 2.75) is 10.1 Å². The van der Waals surface area contributed by atoms with Crippen LogP contribution in [0, 0.1) is 0 Å². The van der Waals surface area contributed by atoms with Gasteiger partial charge >= 0.3 is 0 Å². The minimum Gasteiger partial charge on any atom is -0.497 e. The van der Waals surface area contributed by atoms with Gasteiger partial charge in [-0.1, -0.05) is 95.4 Å². The summed E-state index contributed by atoms with van der Waals surface area (Å²) in [6, 6.07) is 25.8. The van der Waals surface area contributed by atoms with Gasteiger partial charge in [0.2, 0.25) is 5.13 Å². The maximum absolute atomic E-state index is 6.07. The first-order chi connectivity index (χ1) is 15.7. The van der Waals surface area contributed by atoms with E-state index in [0.717, 1.165) is 32.7 Å². The van der Waals surface area contributed by atoms with Crippen molar-refractivity contribution in [3.63, 3.8) is 0 Å². The lowest BCUT2D eigenvalue weighted by Gasteiger charge is -2.02. The fraction of sp³-hybridized carbons (Fsp3) is 0.0800. The molecule has 0 aliphatic heterocycles. The Kier molecular flexibility index (Phi) is 7.72. The summed E-state index contributed by atoms with van der Waals surface area (Å²) in [7, 11) is 1.66. The molecule has 7 heteroatoms. The maximum atomic E-state index is 6.07. The predicted octanol–water partition coefficient (Wildman–Crippen LogP) is 7.33. The van der Waals surface area contributed by atoms with Gasteiger partial charge in [-0.05, 0) is 41.5 Å². The number of thioether (sulfide) groups is 1. The number of aliphatic imine (C=N–C) groups is 1. The third-order valence-electron chi connectivity index (χ3n) is 4.51. The van der Waals surface area contributed by atoms with Crippen LogP contribution in [-0.4, -0.2) is 23.0 Å². The number of hydrogen-bond acceptors (Lipinski definition) is 6. The third-order valence-corrected chi connectivity index (χ3v) is 6.78. The first kappa shape index (κ1) is 22.3. The molecule has 4 rings (SSSR count).